The summed E-state index contributed by atoms with van der Waals surface area (Å²) in [7, 11) is 0. The van der Waals surface area contributed by atoms with Crippen molar-refractivity contribution in [3.63, 3.8) is 0 Å². The molecule has 0 fully saturated rings. The average Bonchev–Trinajstić information content (AvgIpc) is 2.28. The second kappa shape index (κ2) is 5.14. The molecule has 0 radical (unpaired) electrons. The van der Waals surface area contributed by atoms with Gasteiger partial charge in [-0.25, -0.2) is 4.39 Å². The molecule has 1 rings (SSSR count). The SMILES string of the molecule is CCc1ccccc1NC(=O)[C@@](F)(Cl)C(F)(F)F. The highest BCUT2D eigenvalue weighted by molar-refractivity contribution is 6.36. The van der Waals surface area contributed by atoms with E-state index in [1.54, 1.807) is 19.1 Å². The summed E-state index contributed by atoms with van der Waals surface area (Å²) in [5, 5.41) is -2.59. The van der Waals surface area contributed by atoms with Crippen molar-refractivity contribution in [2.45, 2.75) is 24.6 Å². The number of carbonyl (C=O) groups excluding carboxylic acids is 1. The molecule has 1 aromatic rings. The molecule has 0 bridgehead atoms. The van der Waals surface area contributed by atoms with Crippen LogP contribution in [-0.4, -0.2) is 17.2 Å². The number of benzene rings is 1. The van der Waals surface area contributed by atoms with Gasteiger partial charge in [0.15, 0.2) is 0 Å². The Bertz CT molecular complexity index is 445. The van der Waals surface area contributed by atoms with Crippen LogP contribution < -0.4 is 5.32 Å². The zero-order valence-corrected chi connectivity index (χ0v) is 10.1. The van der Waals surface area contributed by atoms with Gasteiger partial charge in [-0.15, -0.1) is 0 Å². The smallest absolute Gasteiger partial charge is 0.322 e. The Kier molecular flexibility index (Phi) is 4.21. The fourth-order valence-corrected chi connectivity index (χ4v) is 1.33. The highest BCUT2D eigenvalue weighted by atomic mass is 35.5. The van der Waals surface area contributed by atoms with Crippen molar-refractivity contribution < 1.29 is 22.4 Å². The first-order chi connectivity index (χ1) is 8.20. The van der Waals surface area contributed by atoms with Crippen LogP contribution in [-0.2, 0) is 11.2 Å². The molecule has 1 amide bonds. The number of hydrogen-bond acceptors (Lipinski definition) is 1. The average molecular weight is 284 g/mol. The van der Waals surface area contributed by atoms with E-state index in [1.807, 2.05) is 5.32 Å². The van der Waals surface area contributed by atoms with E-state index in [1.165, 1.54) is 12.1 Å². The van der Waals surface area contributed by atoms with E-state index < -0.39 is 17.2 Å². The molecule has 18 heavy (non-hydrogen) atoms. The molecule has 0 aromatic heterocycles. The maximum absolute atomic E-state index is 13.1. The lowest BCUT2D eigenvalue weighted by atomic mass is 10.1. The van der Waals surface area contributed by atoms with E-state index in [4.69, 9.17) is 0 Å². The summed E-state index contributed by atoms with van der Waals surface area (Å²) in [6.07, 6.45) is -5.00. The Morgan fingerprint density at radius 3 is 2.33 bits per heavy atom. The van der Waals surface area contributed by atoms with Gasteiger partial charge in [0.2, 0.25) is 0 Å². The Morgan fingerprint density at radius 1 is 1.28 bits per heavy atom. The van der Waals surface area contributed by atoms with Gasteiger partial charge in [0.1, 0.15) is 0 Å². The third kappa shape index (κ3) is 2.93. The maximum Gasteiger partial charge on any atom is 0.446 e. The molecule has 0 aliphatic rings. The number of halogens is 5. The van der Waals surface area contributed by atoms with Crippen LogP contribution in [0.25, 0.3) is 0 Å². The molecule has 0 heterocycles. The summed E-state index contributed by atoms with van der Waals surface area (Å²) in [6, 6.07) is 6.15. The number of alkyl halides is 5. The van der Waals surface area contributed by atoms with Crippen molar-refractivity contribution in [2.24, 2.45) is 0 Å². The summed E-state index contributed by atoms with van der Waals surface area (Å²) in [5.41, 5.74) is 0.692. The highest BCUT2D eigenvalue weighted by Gasteiger charge is 2.61. The number of nitrogens with one attached hydrogen (secondary N) is 1. The molecule has 1 aromatic carbocycles. The number of anilines is 1. The number of hydrogen-bond donors (Lipinski definition) is 1. The van der Waals surface area contributed by atoms with Gasteiger partial charge < -0.3 is 5.32 Å². The molecule has 0 saturated heterocycles. The Hall–Kier alpha value is -1.30. The molecule has 100 valence electrons. The number of amides is 1. The van der Waals surface area contributed by atoms with E-state index in [9.17, 15) is 22.4 Å². The molecular formula is C11H10ClF4NO. The van der Waals surface area contributed by atoms with Gasteiger partial charge in [-0.3, -0.25) is 4.79 Å². The zero-order chi connectivity index (χ0) is 14.0. The minimum atomic E-state index is -5.47. The van der Waals surface area contributed by atoms with E-state index in [-0.39, 0.29) is 5.69 Å². The Labute approximate surface area is 106 Å². The normalized spacial score (nSPS) is 15.0. The topological polar surface area (TPSA) is 29.1 Å². The first-order valence-corrected chi connectivity index (χ1v) is 5.42. The lowest BCUT2D eigenvalue weighted by molar-refractivity contribution is -0.197. The van der Waals surface area contributed by atoms with Crippen LogP contribution in [0.4, 0.5) is 23.2 Å². The third-order valence-corrected chi connectivity index (χ3v) is 2.67. The molecule has 0 unspecified atom stereocenters. The number of carbonyl (C=O) groups is 1. The largest absolute Gasteiger partial charge is 0.446 e. The minimum absolute atomic E-state index is 0.108. The molecule has 1 atom stereocenters. The van der Waals surface area contributed by atoms with Crippen molar-refractivity contribution >= 4 is 23.2 Å². The molecule has 7 heteroatoms. The third-order valence-electron chi connectivity index (χ3n) is 2.29. The van der Waals surface area contributed by atoms with Crippen LogP contribution in [0.5, 0.6) is 0 Å². The van der Waals surface area contributed by atoms with Crippen LogP contribution in [0.3, 0.4) is 0 Å². The molecule has 0 aliphatic carbocycles. The van der Waals surface area contributed by atoms with Crippen molar-refractivity contribution in [3.05, 3.63) is 29.8 Å². The summed E-state index contributed by atoms with van der Waals surface area (Å²) in [6.45, 7) is 1.75. The second-order valence-corrected chi connectivity index (χ2v) is 4.06. The monoisotopic (exact) mass is 283 g/mol. The van der Waals surface area contributed by atoms with Crippen molar-refractivity contribution in [1.29, 1.82) is 0 Å². The van der Waals surface area contributed by atoms with Gasteiger partial charge in [-0.05, 0) is 18.1 Å². The van der Waals surface area contributed by atoms with Gasteiger partial charge in [-0.1, -0.05) is 36.7 Å². The molecule has 0 aliphatic heterocycles. The standard InChI is InChI=1S/C11H10ClF4NO/c1-2-7-5-3-4-6-8(7)17-9(18)10(12,13)11(14,15)16/h3-6H,2H2,1H3,(H,17,18)/t10-/m0/s1. The van der Waals surface area contributed by atoms with Gasteiger partial charge in [0, 0.05) is 5.69 Å². The molecule has 0 saturated carbocycles. The lowest BCUT2D eigenvalue weighted by Gasteiger charge is -2.20. The minimum Gasteiger partial charge on any atom is -0.322 e. The number of rotatable bonds is 3. The first-order valence-electron chi connectivity index (χ1n) is 5.04. The lowest BCUT2D eigenvalue weighted by Crippen LogP contribution is -2.46. The Morgan fingerprint density at radius 2 is 1.83 bits per heavy atom. The second-order valence-electron chi connectivity index (χ2n) is 3.54. The Balaban J connectivity index is 2.95. The number of aryl methyl sites for hydroxylation is 1. The molecule has 1 N–H and O–H groups in total. The van der Waals surface area contributed by atoms with E-state index in [0.29, 0.717) is 12.0 Å². The van der Waals surface area contributed by atoms with Gasteiger partial charge in [0.05, 0.1) is 0 Å². The van der Waals surface area contributed by atoms with Gasteiger partial charge >= 0.3 is 11.3 Å². The fraction of sp³-hybridized carbons (Fsp3) is 0.364. The van der Waals surface area contributed by atoms with Crippen LogP contribution in [0.1, 0.15) is 12.5 Å². The quantitative estimate of drug-likeness (QED) is 0.666. The van der Waals surface area contributed by atoms with Gasteiger partial charge in [-0.2, -0.15) is 13.2 Å². The molecule has 0 spiro atoms. The van der Waals surface area contributed by atoms with E-state index >= 15 is 0 Å². The highest BCUT2D eigenvalue weighted by Crippen LogP contribution is 2.38. The fourth-order valence-electron chi connectivity index (χ4n) is 1.28. The van der Waals surface area contributed by atoms with E-state index in [2.05, 4.69) is 11.6 Å². The van der Waals surface area contributed by atoms with Crippen LogP contribution in [0.2, 0.25) is 0 Å². The van der Waals surface area contributed by atoms with Crippen molar-refractivity contribution in [1.82, 2.24) is 0 Å². The summed E-state index contributed by atoms with van der Waals surface area (Å²) < 4.78 is 49.7. The predicted molar refractivity (Wildman–Crippen MR) is 60.2 cm³/mol. The van der Waals surface area contributed by atoms with Crippen molar-refractivity contribution in [3.8, 4) is 0 Å². The summed E-state index contributed by atoms with van der Waals surface area (Å²) in [4.78, 5) is 11.2. The van der Waals surface area contributed by atoms with Crippen molar-refractivity contribution in [2.75, 3.05) is 5.32 Å². The summed E-state index contributed by atoms with van der Waals surface area (Å²) >= 11 is 4.60. The van der Waals surface area contributed by atoms with Crippen LogP contribution >= 0.6 is 11.6 Å². The van der Waals surface area contributed by atoms with Gasteiger partial charge in [0.25, 0.3) is 5.91 Å². The molecular weight excluding hydrogens is 274 g/mol. The maximum atomic E-state index is 13.1. The van der Waals surface area contributed by atoms with E-state index in [0.717, 1.165) is 0 Å². The molecule has 2 nitrogen and oxygen atoms in total. The predicted octanol–water partition coefficient (Wildman–Crippen LogP) is 3.65. The summed E-state index contributed by atoms with van der Waals surface area (Å²) in [5.74, 6) is -1.95. The first kappa shape index (κ1) is 14.8. The van der Waals surface area contributed by atoms with Crippen LogP contribution in [0.15, 0.2) is 24.3 Å². The van der Waals surface area contributed by atoms with Crippen LogP contribution in [0, 0.1) is 0 Å². The number of para-hydroxylation sites is 1. The zero-order valence-electron chi connectivity index (χ0n) is 9.31.